The number of fused-ring (bicyclic) bond motifs is 1. The van der Waals surface area contributed by atoms with Crippen LogP contribution in [-0.2, 0) is 11.2 Å². The molecule has 6 heteroatoms. The first-order valence-electron chi connectivity index (χ1n) is 8.82. The largest absolute Gasteiger partial charge is 0.368 e. The molecule has 1 aliphatic rings. The number of halogens is 1. The van der Waals surface area contributed by atoms with Crippen LogP contribution in [0.25, 0.3) is 10.2 Å². The number of hydrogen-bond donors (Lipinski definition) is 0. The zero-order chi connectivity index (χ0) is 17.9. The summed E-state index contributed by atoms with van der Waals surface area (Å²) in [7, 11) is 0. The van der Waals surface area contributed by atoms with Crippen LogP contribution in [0, 0.1) is 5.82 Å². The van der Waals surface area contributed by atoms with E-state index in [1.54, 1.807) is 23.5 Å². The van der Waals surface area contributed by atoms with Crippen molar-refractivity contribution in [1.29, 1.82) is 0 Å². The van der Waals surface area contributed by atoms with Crippen LogP contribution in [-0.4, -0.2) is 42.0 Å². The third-order valence-electron chi connectivity index (χ3n) is 4.72. The van der Waals surface area contributed by atoms with Crippen LogP contribution < -0.4 is 4.90 Å². The van der Waals surface area contributed by atoms with Gasteiger partial charge in [0.2, 0.25) is 5.91 Å². The summed E-state index contributed by atoms with van der Waals surface area (Å²) in [5.74, 6) is -0.0413. The van der Waals surface area contributed by atoms with Crippen molar-refractivity contribution < 1.29 is 9.18 Å². The number of amides is 1. The Hall–Kier alpha value is -2.47. The Balaban J connectivity index is 1.30. The van der Waals surface area contributed by atoms with Crippen LogP contribution in [0.4, 0.5) is 10.1 Å². The van der Waals surface area contributed by atoms with Gasteiger partial charge in [-0.2, -0.15) is 0 Å². The minimum absolute atomic E-state index is 0.183. The number of rotatable bonds is 4. The Kier molecular flexibility index (Phi) is 4.84. The Morgan fingerprint density at radius 3 is 2.50 bits per heavy atom. The van der Waals surface area contributed by atoms with E-state index in [0.717, 1.165) is 29.3 Å². The van der Waals surface area contributed by atoms with Gasteiger partial charge in [0, 0.05) is 44.7 Å². The Labute approximate surface area is 155 Å². The molecule has 1 amide bonds. The minimum Gasteiger partial charge on any atom is -0.368 e. The molecule has 0 unspecified atom stereocenters. The lowest BCUT2D eigenvalue weighted by molar-refractivity contribution is -0.131. The van der Waals surface area contributed by atoms with Gasteiger partial charge in [-0.3, -0.25) is 4.79 Å². The molecule has 0 bridgehead atoms. The lowest BCUT2D eigenvalue weighted by atomic mass is 10.2. The quantitative estimate of drug-likeness (QED) is 0.703. The number of nitrogens with zero attached hydrogens (tertiary/aromatic N) is 3. The van der Waals surface area contributed by atoms with E-state index in [1.165, 1.54) is 16.8 Å². The number of carbonyl (C=O) groups is 1. The van der Waals surface area contributed by atoms with Crippen molar-refractivity contribution in [3.8, 4) is 0 Å². The minimum atomic E-state index is -0.225. The second kappa shape index (κ2) is 7.41. The molecule has 0 atom stereocenters. The second-order valence-corrected chi connectivity index (χ2v) is 7.53. The number of carbonyl (C=O) groups excluding carboxylic acids is 1. The summed E-state index contributed by atoms with van der Waals surface area (Å²) in [6.45, 7) is 2.96. The van der Waals surface area contributed by atoms with E-state index in [-0.39, 0.29) is 11.7 Å². The number of anilines is 1. The lowest BCUT2D eigenvalue weighted by Gasteiger charge is -2.36. The molecular weight excluding hydrogens is 349 g/mol. The molecule has 26 heavy (non-hydrogen) atoms. The predicted molar refractivity (Wildman–Crippen MR) is 103 cm³/mol. The summed E-state index contributed by atoms with van der Waals surface area (Å²) in [4.78, 5) is 21.2. The summed E-state index contributed by atoms with van der Waals surface area (Å²) in [6.07, 6.45) is 1.19. The highest BCUT2D eigenvalue weighted by Gasteiger charge is 2.21. The topological polar surface area (TPSA) is 36.4 Å². The standard InChI is InChI=1S/C20H20FN3OS/c21-15-5-7-16(8-6-15)23-11-13-24(14-12-23)20(25)10-9-19-22-17-3-1-2-4-18(17)26-19/h1-8H,9-14H2. The summed E-state index contributed by atoms with van der Waals surface area (Å²) in [5.41, 5.74) is 2.01. The molecule has 3 aromatic rings. The number of aromatic nitrogens is 1. The highest BCUT2D eigenvalue weighted by atomic mass is 32.1. The molecule has 4 rings (SSSR count). The van der Waals surface area contributed by atoms with Gasteiger partial charge in [-0.05, 0) is 36.4 Å². The van der Waals surface area contributed by atoms with E-state index < -0.39 is 0 Å². The Morgan fingerprint density at radius 1 is 1.04 bits per heavy atom. The molecule has 1 aromatic heterocycles. The Bertz CT molecular complexity index is 868. The van der Waals surface area contributed by atoms with Crippen LogP contribution >= 0.6 is 11.3 Å². The van der Waals surface area contributed by atoms with Gasteiger partial charge in [0.15, 0.2) is 0 Å². The number of hydrogen-bond acceptors (Lipinski definition) is 4. The number of piperazine rings is 1. The molecule has 0 aliphatic carbocycles. The third kappa shape index (κ3) is 3.70. The first kappa shape index (κ1) is 17.0. The summed E-state index contributed by atoms with van der Waals surface area (Å²) in [6, 6.07) is 14.6. The first-order valence-corrected chi connectivity index (χ1v) is 9.63. The van der Waals surface area contributed by atoms with Crippen molar-refractivity contribution in [2.45, 2.75) is 12.8 Å². The molecular formula is C20H20FN3OS. The van der Waals surface area contributed by atoms with Crippen molar-refractivity contribution in [2.24, 2.45) is 0 Å². The molecule has 1 saturated heterocycles. The highest BCUT2D eigenvalue weighted by Crippen LogP contribution is 2.23. The smallest absolute Gasteiger partial charge is 0.223 e. The molecule has 134 valence electrons. The van der Waals surface area contributed by atoms with E-state index >= 15 is 0 Å². The van der Waals surface area contributed by atoms with Crippen LogP contribution in [0.1, 0.15) is 11.4 Å². The van der Waals surface area contributed by atoms with Gasteiger partial charge >= 0.3 is 0 Å². The van der Waals surface area contributed by atoms with Crippen molar-refractivity contribution in [3.05, 3.63) is 59.4 Å². The SMILES string of the molecule is O=C(CCc1nc2ccccc2s1)N1CCN(c2ccc(F)cc2)CC1. The first-order chi connectivity index (χ1) is 12.7. The monoisotopic (exact) mass is 369 g/mol. The van der Waals surface area contributed by atoms with Crippen molar-refractivity contribution in [2.75, 3.05) is 31.1 Å². The van der Waals surface area contributed by atoms with Crippen LogP contribution in [0.5, 0.6) is 0 Å². The van der Waals surface area contributed by atoms with E-state index in [4.69, 9.17) is 0 Å². The molecule has 1 aliphatic heterocycles. The van der Waals surface area contributed by atoms with Gasteiger partial charge in [-0.15, -0.1) is 11.3 Å². The molecule has 0 N–H and O–H groups in total. The number of aryl methyl sites for hydroxylation is 1. The highest BCUT2D eigenvalue weighted by molar-refractivity contribution is 7.18. The van der Waals surface area contributed by atoms with E-state index in [9.17, 15) is 9.18 Å². The normalized spacial score (nSPS) is 14.8. The van der Waals surface area contributed by atoms with Crippen molar-refractivity contribution >= 4 is 33.1 Å². The second-order valence-electron chi connectivity index (χ2n) is 6.42. The van der Waals surface area contributed by atoms with E-state index in [2.05, 4.69) is 16.0 Å². The average molecular weight is 369 g/mol. The Morgan fingerprint density at radius 2 is 1.77 bits per heavy atom. The van der Waals surface area contributed by atoms with Gasteiger partial charge in [0.05, 0.1) is 15.2 Å². The van der Waals surface area contributed by atoms with Gasteiger partial charge in [-0.1, -0.05) is 12.1 Å². The third-order valence-corrected chi connectivity index (χ3v) is 5.81. The molecule has 2 heterocycles. The van der Waals surface area contributed by atoms with E-state index in [1.807, 2.05) is 23.1 Å². The van der Waals surface area contributed by atoms with Gasteiger partial charge < -0.3 is 9.80 Å². The molecule has 1 fully saturated rings. The lowest BCUT2D eigenvalue weighted by Crippen LogP contribution is -2.48. The maximum Gasteiger partial charge on any atom is 0.223 e. The van der Waals surface area contributed by atoms with Crippen molar-refractivity contribution in [1.82, 2.24) is 9.88 Å². The number of para-hydroxylation sites is 1. The summed E-state index contributed by atoms with van der Waals surface area (Å²) < 4.78 is 14.2. The maximum atomic E-state index is 13.0. The van der Waals surface area contributed by atoms with E-state index in [0.29, 0.717) is 25.9 Å². The van der Waals surface area contributed by atoms with Gasteiger partial charge in [-0.25, -0.2) is 9.37 Å². The van der Waals surface area contributed by atoms with Crippen LogP contribution in [0.15, 0.2) is 48.5 Å². The number of thiazole rings is 1. The predicted octanol–water partition coefficient (Wildman–Crippen LogP) is 3.72. The fraction of sp³-hybridized carbons (Fsp3) is 0.300. The fourth-order valence-corrected chi connectivity index (χ4v) is 4.23. The molecule has 4 nitrogen and oxygen atoms in total. The zero-order valence-corrected chi connectivity index (χ0v) is 15.2. The maximum absolute atomic E-state index is 13.0. The summed E-state index contributed by atoms with van der Waals surface area (Å²) >= 11 is 1.66. The van der Waals surface area contributed by atoms with Crippen molar-refractivity contribution in [3.63, 3.8) is 0 Å². The number of benzene rings is 2. The van der Waals surface area contributed by atoms with Crippen LogP contribution in [0.3, 0.4) is 0 Å². The fourth-order valence-electron chi connectivity index (χ4n) is 3.26. The zero-order valence-electron chi connectivity index (χ0n) is 14.4. The van der Waals surface area contributed by atoms with Gasteiger partial charge in [0.25, 0.3) is 0 Å². The molecule has 0 saturated carbocycles. The molecule has 0 spiro atoms. The molecule has 2 aromatic carbocycles. The van der Waals surface area contributed by atoms with Crippen LogP contribution in [0.2, 0.25) is 0 Å². The average Bonchev–Trinajstić information content (AvgIpc) is 3.10. The van der Waals surface area contributed by atoms with Gasteiger partial charge in [0.1, 0.15) is 5.82 Å². The molecule has 0 radical (unpaired) electrons. The summed E-state index contributed by atoms with van der Waals surface area (Å²) in [5, 5.41) is 1.02.